The molecular formula is C79H91Cl2F3N27Ni2O4S2+. The Labute approximate surface area is 721 Å². The molecule has 632 valence electrons. The molecule has 0 unspecified atom stereocenters. The van der Waals surface area contributed by atoms with Crippen LogP contribution in [-0.2, 0) is 50.6 Å². The number of aliphatic imine (C=N–C) groups is 4. The SMILES string of the molecule is C.C.C.C.CC(=O)/C=C(/C)[O-].CC1=Nn2c(nnc2-c2ccccn2)C1=Nc1ccc(N(C)C)s1.CCN(CC)c1ccc(N=C2C(C)=Nn3c2nnc3-c2cc(C)n(C)n2)c(C)n1.CN(C)c1ccc(N=C2C(C(F)(F)F)=Nn3c2nnc3-c2nccs2)cc1.O=C1ON=C(c2ccccn2)C1=Nc1ccc(N2CCCC2)cc1.[Cl][Ni][Cl].[Ni+2]. The fourth-order valence-electron chi connectivity index (χ4n) is 11.4. The van der Waals surface area contributed by atoms with Gasteiger partial charge in [0.15, 0.2) is 27.9 Å². The van der Waals surface area contributed by atoms with Crippen LogP contribution in [-0.4, -0.2) is 192 Å². The smallest absolute Gasteiger partial charge is 2.00 e. The van der Waals surface area contributed by atoms with Gasteiger partial charge in [0.05, 0.1) is 44.9 Å². The van der Waals surface area contributed by atoms with Crippen LogP contribution >= 0.6 is 43.1 Å². The summed E-state index contributed by atoms with van der Waals surface area (Å²) in [6, 6.07) is 35.8. The standard InChI is InChI=1S/C20H25N9.C18H16N4O2.C16H12F3N7S.C16H15N7S.C5H8O2.4CH4.2ClH.2Ni/c1-7-28(8-2)17-10-9-15(13(4)21-17)22-18-14(5)25-29-19(23-24-20(18)29)16-11-12(3)27(6)26-16;23-18-17(16(21-24-18)15-5-1-2-10-19-15)20-13-6-8-14(9-7-13)22-11-3-4-12-22;1-25(2)10-5-3-9(4-6-10)21-11-12(16(17,18)19)24-26-13(11)22-23-14(26)15-20-7-8-27-15;1-10-14(18-12-7-8-13(24-12)22(2)3)16-20-19-15(23(16)21-10)11-6-4-5-9-17-11;1-4(6)3-5(2)7;;;;;;;;/h9-11H,7-8H2,1-6H3;1-2,5-10H,3-4,11-12H2;3-8H,1-2H3;4-9H,1-3H3;3,6H,1-2H3;4*1H4;2*1H;;/q;;;;;;;;;;;2*+2/p-3/b;;;;4-3-;;;;;;;;. The number of rotatable bonds is 15. The molecule has 31 nitrogen and oxygen atoms in total. The van der Waals surface area contributed by atoms with Crippen LogP contribution in [0.4, 0.5) is 57.4 Å². The Morgan fingerprint density at radius 3 is 1.66 bits per heavy atom. The number of hydrogen-bond donors (Lipinski definition) is 0. The minimum atomic E-state index is -4.68. The fraction of sp³-hybridized carbons (Fsp3) is 0.304. The van der Waals surface area contributed by atoms with Crippen LogP contribution in [0.15, 0.2) is 191 Å². The van der Waals surface area contributed by atoms with Crippen molar-refractivity contribution in [2.45, 2.75) is 104 Å². The summed E-state index contributed by atoms with van der Waals surface area (Å²) in [7, 11) is 19.1. The quantitative estimate of drug-likeness (QED) is 0.0398. The Morgan fingerprint density at radius 2 is 1.18 bits per heavy atom. The number of carbonyl (C=O) groups is 2. The second-order valence-electron chi connectivity index (χ2n) is 25.5. The number of thiophene rings is 1. The average molecular weight is 1790 g/mol. The summed E-state index contributed by atoms with van der Waals surface area (Å²) in [5, 5.41) is 60.2. The Hall–Kier alpha value is -11.6. The number of allylic oxidation sites excluding steroid dienone is 2. The van der Waals surface area contributed by atoms with Crippen LogP contribution in [0.25, 0.3) is 33.9 Å². The largest absolute Gasteiger partial charge is 2.00 e. The second-order valence-corrected chi connectivity index (χ2v) is 29.1. The van der Waals surface area contributed by atoms with Gasteiger partial charge in [0.1, 0.15) is 39.3 Å². The predicted octanol–water partition coefficient (Wildman–Crippen LogP) is 15.6. The molecule has 40 heteroatoms. The van der Waals surface area contributed by atoms with Gasteiger partial charge in [-0.2, -0.15) is 47.6 Å². The topological polar surface area (TPSA) is 340 Å². The number of anilines is 4. The number of carbonyl (C=O) groups excluding carboxylic acids is 2. The zero-order valence-corrected chi connectivity index (χ0v) is 69.3. The van der Waals surface area contributed by atoms with Crippen LogP contribution in [0.5, 0.6) is 0 Å². The fourth-order valence-corrected chi connectivity index (χ4v) is 12.8. The van der Waals surface area contributed by atoms with E-state index in [-0.39, 0.29) is 80.8 Å². The molecule has 119 heavy (non-hydrogen) atoms. The molecule has 5 aliphatic rings. The molecule has 0 aliphatic carbocycles. The van der Waals surface area contributed by atoms with E-state index in [0.717, 1.165) is 104 Å². The van der Waals surface area contributed by atoms with Gasteiger partial charge in [0, 0.05) is 102 Å². The first kappa shape index (κ1) is 96.3. The molecule has 0 spiro atoms. The minimum absolute atomic E-state index is 0. The summed E-state index contributed by atoms with van der Waals surface area (Å²) in [4.78, 5) is 70.6. The second kappa shape index (κ2) is 43.8. The van der Waals surface area contributed by atoms with E-state index in [1.54, 1.807) is 74.9 Å². The Morgan fingerprint density at radius 1 is 0.639 bits per heavy atom. The molecule has 5 aliphatic heterocycles. The number of aryl methyl sites for hydroxylation is 3. The number of nitrogens with zero attached hydrogens (tertiary/aromatic N) is 27. The van der Waals surface area contributed by atoms with E-state index in [1.165, 1.54) is 49.9 Å². The number of thiazole rings is 1. The number of oxime groups is 1. The van der Waals surface area contributed by atoms with Gasteiger partial charge in [-0.3, -0.25) is 19.4 Å². The molecule has 0 atom stereocenters. The number of fused-ring (bicyclic) bond motifs is 3. The van der Waals surface area contributed by atoms with Crippen LogP contribution in [0.1, 0.15) is 119 Å². The summed E-state index contributed by atoms with van der Waals surface area (Å²) in [5.41, 5.74) is 10.0. The summed E-state index contributed by atoms with van der Waals surface area (Å²) >= 11 is 3.43. The number of aromatic nitrogens is 15. The van der Waals surface area contributed by atoms with E-state index >= 15 is 0 Å². The molecule has 16 rings (SSSR count). The van der Waals surface area contributed by atoms with E-state index in [2.05, 4.69) is 116 Å². The number of alkyl halides is 3. The van der Waals surface area contributed by atoms with Gasteiger partial charge in [-0.1, -0.05) is 65.3 Å². The molecule has 9 aromatic heterocycles. The summed E-state index contributed by atoms with van der Waals surface area (Å²) < 4.78 is 46.8. The van der Waals surface area contributed by atoms with Crippen molar-refractivity contribution in [2.75, 3.05) is 74.0 Å². The number of pyridine rings is 3. The Bertz CT molecular complexity index is 5530. The van der Waals surface area contributed by atoms with Crippen molar-refractivity contribution in [3.63, 3.8) is 0 Å². The summed E-state index contributed by atoms with van der Waals surface area (Å²) in [6.45, 7) is 18.8. The maximum atomic E-state index is 13.5. The van der Waals surface area contributed by atoms with Gasteiger partial charge < -0.3 is 29.5 Å². The maximum Gasteiger partial charge on any atom is 2.00 e. The van der Waals surface area contributed by atoms with Crippen molar-refractivity contribution < 1.29 is 61.9 Å². The molecule has 0 N–H and O–H groups in total. The zero-order valence-electron chi connectivity index (χ0n) is 64.1. The molecule has 1 saturated heterocycles. The van der Waals surface area contributed by atoms with Gasteiger partial charge >= 0.3 is 61.7 Å². The molecule has 11 aromatic rings. The molecule has 0 amide bonds. The van der Waals surface area contributed by atoms with Gasteiger partial charge in [-0.05, 0) is 171 Å². The number of benzene rings is 2. The number of ketones is 1. The van der Waals surface area contributed by atoms with Crippen molar-refractivity contribution in [3.8, 4) is 33.9 Å². The normalized spacial score (nSPS) is 14.6. The van der Waals surface area contributed by atoms with E-state index in [9.17, 15) is 27.9 Å². The number of hydrogen-bond acceptors (Lipinski definition) is 29. The van der Waals surface area contributed by atoms with Crippen LogP contribution < -0.4 is 24.7 Å². The van der Waals surface area contributed by atoms with E-state index in [1.807, 2.05) is 145 Å². The monoisotopic (exact) mass is 1790 g/mol. The first-order valence-corrected chi connectivity index (χ1v) is 39.5. The van der Waals surface area contributed by atoms with Gasteiger partial charge in [0.25, 0.3) is 0 Å². The van der Waals surface area contributed by atoms with Crippen LogP contribution in [0, 0.1) is 13.8 Å². The molecule has 0 radical (unpaired) electrons. The molecule has 0 saturated carbocycles. The van der Waals surface area contributed by atoms with Crippen molar-refractivity contribution in [1.29, 1.82) is 0 Å². The van der Waals surface area contributed by atoms with Crippen molar-refractivity contribution in [2.24, 2.45) is 47.5 Å². The summed E-state index contributed by atoms with van der Waals surface area (Å²) in [6.07, 6.45) is 3.75. The molecule has 1 fully saturated rings. The third kappa shape index (κ3) is 23.5. The third-order valence-electron chi connectivity index (χ3n) is 17.0. The third-order valence-corrected chi connectivity index (χ3v) is 18.9. The molecule has 2 aromatic carbocycles. The van der Waals surface area contributed by atoms with E-state index in [4.69, 9.17) is 40.2 Å². The van der Waals surface area contributed by atoms with E-state index < -0.39 is 17.9 Å². The first-order chi connectivity index (χ1) is 54.7. The van der Waals surface area contributed by atoms with Crippen molar-refractivity contribution in [1.82, 2.24) is 74.3 Å². The summed E-state index contributed by atoms with van der Waals surface area (Å²) in [5.74, 6) is 2.61. The van der Waals surface area contributed by atoms with Gasteiger partial charge in [0.2, 0.25) is 34.9 Å². The van der Waals surface area contributed by atoms with Crippen LogP contribution in [0.3, 0.4) is 0 Å². The van der Waals surface area contributed by atoms with Crippen molar-refractivity contribution in [3.05, 3.63) is 186 Å². The van der Waals surface area contributed by atoms with Gasteiger partial charge in [-0.25, -0.2) is 34.7 Å². The Kier molecular flexibility index (Phi) is 35.4. The molecule has 14 heterocycles. The average Bonchev–Trinajstić information content (AvgIpc) is 1.61. The minimum Gasteiger partial charge on any atom is 2.00 e. The zero-order chi connectivity index (χ0) is 81.5. The van der Waals surface area contributed by atoms with Gasteiger partial charge in [-0.15, -0.1) is 47.7 Å². The number of halogens is 5. The molecular weight excluding hydrogens is 1700 g/mol. The first-order valence-electron chi connectivity index (χ1n) is 35.1. The predicted molar refractivity (Wildman–Crippen MR) is 463 cm³/mol. The maximum absolute atomic E-state index is 13.5. The van der Waals surface area contributed by atoms with Crippen LogP contribution in [0.2, 0.25) is 0 Å². The molecule has 0 bridgehead atoms. The van der Waals surface area contributed by atoms with E-state index in [0.29, 0.717) is 69.5 Å². The Balaban J connectivity index is 0.000000234. The van der Waals surface area contributed by atoms with Crippen molar-refractivity contribution >= 4 is 145 Å².